The zero-order valence-corrected chi connectivity index (χ0v) is 15.0. The average Bonchev–Trinajstić information content (AvgIpc) is 3.19. The lowest BCUT2D eigenvalue weighted by molar-refractivity contribution is -0.155. The topological polar surface area (TPSA) is 127 Å². The molecule has 0 unspecified atom stereocenters. The van der Waals surface area contributed by atoms with Crippen molar-refractivity contribution in [3.05, 3.63) is 23.3 Å². The van der Waals surface area contributed by atoms with E-state index < -0.39 is 35.8 Å². The number of benzene rings is 1. The Kier molecular flexibility index (Phi) is 3.91. The molecule has 1 aromatic carbocycles. The summed E-state index contributed by atoms with van der Waals surface area (Å²) in [5, 5.41) is 10.5. The van der Waals surface area contributed by atoms with Crippen molar-refractivity contribution in [2.75, 3.05) is 13.9 Å². The zero-order chi connectivity index (χ0) is 19.5. The Balaban J connectivity index is 1.88. The molecule has 0 bridgehead atoms. The number of ketones is 1. The second-order valence-electron chi connectivity index (χ2n) is 6.89. The van der Waals surface area contributed by atoms with Crippen LogP contribution in [0.3, 0.4) is 0 Å². The minimum Gasteiger partial charge on any atom is -0.492 e. The molecule has 0 radical (unpaired) electrons. The van der Waals surface area contributed by atoms with Crippen LogP contribution in [-0.2, 0) is 14.3 Å². The van der Waals surface area contributed by atoms with Gasteiger partial charge in [0.1, 0.15) is 12.2 Å². The normalized spacial score (nSPS) is 27.9. The SMILES string of the molecule is COc1c2c(cc(C3=C[C@H](O)[C@H]4OC(C)(C)O[C@H]4C3=O)c1C(N)=O)OCO2. The molecule has 3 aliphatic rings. The number of carbonyl (C=O) groups excluding carboxylic acids is 2. The summed E-state index contributed by atoms with van der Waals surface area (Å²) in [6.45, 7) is 3.26. The number of aliphatic hydroxyl groups excluding tert-OH is 1. The molecule has 9 nitrogen and oxygen atoms in total. The number of fused-ring (bicyclic) bond motifs is 2. The van der Waals surface area contributed by atoms with E-state index in [2.05, 4.69) is 0 Å². The van der Waals surface area contributed by atoms with Crippen LogP contribution in [0.25, 0.3) is 5.57 Å². The molecular formula is C18H19NO8. The third-order valence-corrected chi connectivity index (χ3v) is 4.69. The third kappa shape index (κ3) is 2.66. The van der Waals surface area contributed by atoms with E-state index in [0.29, 0.717) is 5.75 Å². The molecule has 9 heteroatoms. The highest BCUT2D eigenvalue weighted by Crippen LogP contribution is 2.48. The summed E-state index contributed by atoms with van der Waals surface area (Å²) < 4.78 is 27.3. The van der Waals surface area contributed by atoms with Gasteiger partial charge in [0.25, 0.3) is 5.91 Å². The molecule has 3 N–H and O–H groups in total. The van der Waals surface area contributed by atoms with E-state index in [0.717, 1.165) is 0 Å². The van der Waals surface area contributed by atoms with Crippen LogP contribution >= 0.6 is 0 Å². The van der Waals surface area contributed by atoms with Crippen LogP contribution < -0.4 is 19.9 Å². The van der Waals surface area contributed by atoms with Crippen LogP contribution in [0.4, 0.5) is 0 Å². The predicted octanol–water partition coefficient (Wildman–Crippen LogP) is 0.370. The van der Waals surface area contributed by atoms with E-state index in [1.54, 1.807) is 13.8 Å². The summed E-state index contributed by atoms with van der Waals surface area (Å²) in [6.07, 6.45) is -1.62. The summed E-state index contributed by atoms with van der Waals surface area (Å²) in [5.41, 5.74) is 5.77. The summed E-state index contributed by atoms with van der Waals surface area (Å²) in [4.78, 5) is 25.2. The van der Waals surface area contributed by atoms with Gasteiger partial charge in [-0.3, -0.25) is 9.59 Å². The molecule has 1 aromatic rings. The summed E-state index contributed by atoms with van der Waals surface area (Å²) in [6, 6.07) is 1.47. The minimum atomic E-state index is -1.11. The number of hydrogen-bond acceptors (Lipinski definition) is 8. The van der Waals surface area contributed by atoms with Gasteiger partial charge in [-0.05, 0) is 26.0 Å². The Bertz CT molecular complexity index is 875. The largest absolute Gasteiger partial charge is 0.492 e. The van der Waals surface area contributed by atoms with Crippen molar-refractivity contribution in [1.29, 1.82) is 0 Å². The fourth-order valence-electron chi connectivity index (χ4n) is 3.63. The van der Waals surface area contributed by atoms with Gasteiger partial charge in [0.05, 0.1) is 12.7 Å². The molecule has 27 heavy (non-hydrogen) atoms. The van der Waals surface area contributed by atoms with Gasteiger partial charge in [0.2, 0.25) is 12.5 Å². The van der Waals surface area contributed by atoms with E-state index in [9.17, 15) is 14.7 Å². The Morgan fingerprint density at radius 2 is 2.07 bits per heavy atom. The highest BCUT2D eigenvalue weighted by molar-refractivity contribution is 6.26. The lowest BCUT2D eigenvalue weighted by Gasteiger charge is -2.27. The van der Waals surface area contributed by atoms with Crippen LogP contribution in [0.15, 0.2) is 12.1 Å². The second-order valence-corrected chi connectivity index (χ2v) is 6.89. The highest BCUT2D eigenvalue weighted by atomic mass is 16.8. The van der Waals surface area contributed by atoms with Crippen LogP contribution in [0, 0.1) is 0 Å². The molecule has 0 aromatic heterocycles. The number of nitrogens with two attached hydrogens (primary N) is 1. The third-order valence-electron chi connectivity index (χ3n) is 4.69. The molecule has 4 rings (SSSR count). The first-order valence-corrected chi connectivity index (χ1v) is 8.34. The number of aliphatic hydroxyl groups is 1. The number of carbonyl (C=O) groups is 2. The van der Waals surface area contributed by atoms with E-state index in [4.69, 9.17) is 29.4 Å². The Morgan fingerprint density at radius 3 is 2.74 bits per heavy atom. The number of ether oxygens (including phenoxy) is 5. The van der Waals surface area contributed by atoms with Gasteiger partial charge in [-0.1, -0.05) is 0 Å². The maximum Gasteiger partial charge on any atom is 0.253 e. The standard InChI is InChI=1S/C18H19NO8/c1-18(2)26-13-9(20)4-8(12(21)16(13)27-18)7-5-10-14(25-6-24-10)15(23-3)11(7)17(19)22/h4-5,9,13,16,20H,6H2,1-3H3,(H2,19,22)/t9-,13+,16-/m0/s1. The summed E-state index contributed by atoms with van der Waals surface area (Å²) in [5.74, 6) is -1.65. The van der Waals surface area contributed by atoms with E-state index >= 15 is 0 Å². The van der Waals surface area contributed by atoms with Gasteiger partial charge in [0.15, 0.2) is 29.2 Å². The number of amides is 1. The fourth-order valence-corrected chi connectivity index (χ4v) is 3.63. The van der Waals surface area contributed by atoms with Crippen LogP contribution in [0.5, 0.6) is 17.2 Å². The van der Waals surface area contributed by atoms with Crippen molar-refractivity contribution in [3.8, 4) is 17.2 Å². The van der Waals surface area contributed by atoms with Gasteiger partial charge in [-0.2, -0.15) is 0 Å². The molecule has 2 heterocycles. The molecule has 0 spiro atoms. The van der Waals surface area contributed by atoms with E-state index in [1.807, 2.05) is 0 Å². The molecule has 1 aliphatic carbocycles. The molecule has 1 amide bonds. The van der Waals surface area contributed by atoms with Crippen molar-refractivity contribution < 1.29 is 38.4 Å². The van der Waals surface area contributed by atoms with Gasteiger partial charge < -0.3 is 34.5 Å². The van der Waals surface area contributed by atoms with Crippen molar-refractivity contribution in [1.82, 2.24) is 0 Å². The van der Waals surface area contributed by atoms with Crippen molar-refractivity contribution in [2.45, 2.75) is 37.9 Å². The van der Waals surface area contributed by atoms with Crippen LogP contribution in [0.1, 0.15) is 29.8 Å². The maximum atomic E-state index is 13.1. The molecule has 1 fully saturated rings. The Hall–Kier alpha value is -2.62. The predicted molar refractivity (Wildman–Crippen MR) is 90.5 cm³/mol. The first-order chi connectivity index (χ1) is 12.7. The number of rotatable bonds is 3. The van der Waals surface area contributed by atoms with Crippen LogP contribution in [-0.4, -0.2) is 54.8 Å². The molecule has 2 aliphatic heterocycles. The van der Waals surface area contributed by atoms with Crippen LogP contribution in [0.2, 0.25) is 0 Å². The van der Waals surface area contributed by atoms with Crippen molar-refractivity contribution in [2.24, 2.45) is 5.73 Å². The van der Waals surface area contributed by atoms with Crippen molar-refractivity contribution >= 4 is 17.3 Å². The summed E-state index contributed by atoms with van der Waals surface area (Å²) in [7, 11) is 1.35. The lowest BCUT2D eigenvalue weighted by atomic mass is 9.84. The maximum absolute atomic E-state index is 13.1. The zero-order valence-electron chi connectivity index (χ0n) is 15.0. The Morgan fingerprint density at radius 1 is 1.33 bits per heavy atom. The quantitative estimate of drug-likeness (QED) is 0.774. The number of methoxy groups -OCH3 is 1. The lowest BCUT2D eigenvalue weighted by Crippen LogP contribution is -2.43. The highest BCUT2D eigenvalue weighted by Gasteiger charge is 2.51. The molecule has 144 valence electrons. The summed E-state index contributed by atoms with van der Waals surface area (Å²) >= 11 is 0. The molecular weight excluding hydrogens is 358 g/mol. The fraction of sp³-hybridized carbons (Fsp3) is 0.444. The molecule has 3 atom stereocenters. The van der Waals surface area contributed by atoms with Gasteiger partial charge in [-0.25, -0.2) is 0 Å². The van der Waals surface area contributed by atoms with E-state index in [-0.39, 0.29) is 35.0 Å². The van der Waals surface area contributed by atoms with Gasteiger partial charge in [-0.15, -0.1) is 0 Å². The number of Topliss-reactive ketones (excluding diaryl/α,β-unsaturated/α-hetero) is 1. The van der Waals surface area contributed by atoms with Crippen molar-refractivity contribution in [3.63, 3.8) is 0 Å². The monoisotopic (exact) mass is 377 g/mol. The van der Waals surface area contributed by atoms with E-state index in [1.165, 1.54) is 19.3 Å². The minimum absolute atomic E-state index is 0.0369. The smallest absolute Gasteiger partial charge is 0.253 e. The number of primary amides is 1. The Labute approximate surface area is 154 Å². The van der Waals surface area contributed by atoms with Gasteiger partial charge in [0, 0.05) is 11.1 Å². The van der Waals surface area contributed by atoms with Gasteiger partial charge >= 0.3 is 0 Å². The first kappa shape index (κ1) is 17.8. The molecule has 1 saturated heterocycles. The first-order valence-electron chi connectivity index (χ1n) is 8.34. The second kappa shape index (κ2) is 5.95. The molecule has 0 saturated carbocycles. The number of hydrogen-bond donors (Lipinski definition) is 2. The average molecular weight is 377 g/mol.